The standard InChI is InChI=1S/C22H9F4N5/c1-28-21(12-27)13-3-4-20(30-29-2)22(5-13)31(18-8-14(23)6-15(24)9-18)19-10-16(25)7-17(26)11-19/h3-11H/b21-13+,30-20+. The molecule has 9 heteroatoms. The van der Waals surface area contributed by atoms with Gasteiger partial charge in [-0.1, -0.05) is 6.08 Å². The number of nitriles is 1. The third-order valence-electron chi connectivity index (χ3n) is 4.08. The summed E-state index contributed by atoms with van der Waals surface area (Å²) in [5.74, 6) is -3.83. The van der Waals surface area contributed by atoms with Gasteiger partial charge in [0.15, 0.2) is 5.71 Å². The lowest BCUT2D eigenvalue weighted by molar-refractivity contribution is 0.582. The Morgan fingerprint density at radius 3 is 1.81 bits per heavy atom. The molecule has 0 aromatic heterocycles. The number of anilines is 2. The molecule has 31 heavy (non-hydrogen) atoms. The Labute approximate surface area is 174 Å². The van der Waals surface area contributed by atoms with Crippen LogP contribution >= 0.6 is 0 Å². The van der Waals surface area contributed by atoms with Gasteiger partial charge in [0.25, 0.3) is 5.70 Å². The number of halogens is 4. The normalized spacial score (nSPS) is 15.5. The van der Waals surface area contributed by atoms with Crippen LogP contribution < -0.4 is 4.90 Å². The van der Waals surface area contributed by atoms with E-state index in [2.05, 4.69) is 14.9 Å². The third-order valence-corrected chi connectivity index (χ3v) is 4.08. The van der Waals surface area contributed by atoms with E-state index in [9.17, 15) is 22.8 Å². The van der Waals surface area contributed by atoms with Gasteiger partial charge in [0.1, 0.15) is 23.3 Å². The molecule has 3 rings (SSSR count). The van der Waals surface area contributed by atoms with E-state index in [1.807, 2.05) is 0 Å². The summed E-state index contributed by atoms with van der Waals surface area (Å²) in [6, 6.07) is 6.64. The van der Waals surface area contributed by atoms with E-state index in [0.29, 0.717) is 12.1 Å². The SMILES string of the molecule is [C-]#[N+]/N=C1C=C/C(=C(/C#N)[N+]#[C-])C=C\1N(c1cc(F)cc(F)c1)c1cc(F)cc(F)c1. The summed E-state index contributed by atoms with van der Waals surface area (Å²) in [6.07, 6.45) is 3.94. The second-order valence-electron chi connectivity index (χ2n) is 6.07. The van der Waals surface area contributed by atoms with Crippen molar-refractivity contribution in [1.82, 2.24) is 0 Å². The zero-order valence-electron chi connectivity index (χ0n) is 15.4. The third kappa shape index (κ3) is 4.50. The average Bonchev–Trinajstić information content (AvgIpc) is 2.69. The summed E-state index contributed by atoms with van der Waals surface area (Å²) in [5, 5.41) is 12.8. The molecule has 0 atom stereocenters. The Balaban J connectivity index is 2.37. The monoisotopic (exact) mass is 419 g/mol. The summed E-state index contributed by atoms with van der Waals surface area (Å²) >= 11 is 0. The average molecular weight is 419 g/mol. The van der Waals surface area contributed by atoms with E-state index in [0.717, 1.165) is 29.2 Å². The number of allylic oxidation sites excluding steroid dienone is 5. The molecule has 0 saturated carbocycles. The maximum Gasteiger partial charge on any atom is 0.269 e. The van der Waals surface area contributed by atoms with E-state index in [1.165, 1.54) is 18.2 Å². The Kier molecular flexibility index (Phi) is 5.95. The van der Waals surface area contributed by atoms with Crippen molar-refractivity contribution in [3.05, 3.63) is 118 Å². The summed E-state index contributed by atoms with van der Waals surface area (Å²) in [6.45, 7) is 14.2. The maximum atomic E-state index is 14.0. The van der Waals surface area contributed by atoms with Gasteiger partial charge in [0.05, 0.1) is 34.8 Å². The first-order valence-electron chi connectivity index (χ1n) is 8.45. The highest BCUT2D eigenvalue weighted by Gasteiger charge is 2.25. The van der Waals surface area contributed by atoms with Gasteiger partial charge in [-0.25, -0.2) is 27.7 Å². The molecule has 5 nitrogen and oxygen atoms in total. The minimum absolute atomic E-state index is 0.0182. The van der Waals surface area contributed by atoms with Crippen LogP contribution in [0.15, 0.2) is 76.7 Å². The van der Waals surface area contributed by atoms with Crippen molar-refractivity contribution < 1.29 is 17.6 Å². The lowest BCUT2D eigenvalue weighted by Crippen LogP contribution is -2.24. The smallest absolute Gasteiger partial charge is 0.269 e. The molecule has 1 aliphatic rings. The van der Waals surface area contributed by atoms with E-state index < -0.39 is 23.3 Å². The van der Waals surface area contributed by atoms with Gasteiger partial charge in [-0.05, 0) is 42.0 Å². The second kappa shape index (κ2) is 8.77. The highest BCUT2D eigenvalue weighted by molar-refractivity contribution is 6.14. The van der Waals surface area contributed by atoms with Crippen LogP contribution in [0.3, 0.4) is 0 Å². The van der Waals surface area contributed by atoms with E-state index in [-0.39, 0.29) is 34.1 Å². The first-order valence-corrected chi connectivity index (χ1v) is 8.45. The lowest BCUT2D eigenvalue weighted by Gasteiger charge is -2.28. The number of hydrogen-bond donors (Lipinski definition) is 0. The summed E-state index contributed by atoms with van der Waals surface area (Å²) in [5.41, 5.74) is -0.554. The highest BCUT2D eigenvalue weighted by atomic mass is 19.1. The number of benzene rings is 2. The Morgan fingerprint density at radius 1 is 0.871 bits per heavy atom. The molecule has 0 fully saturated rings. The molecule has 0 spiro atoms. The molecule has 0 heterocycles. The van der Waals surface area contributed by atoms with Crippen molar-refractivity contribution in [3.63, 3.8) is 0 Å². The minimum Gasteiger partial charge on any atom is -0.308 e. The first kappa shape index (κ1) is 21.0. The Bertz CT molecular complexity index is 1210. The molecular formula is C22H9F4N5. The fourth-order valence-corrected chi connectivity index (χ4v) is 2.91. The molecule has 2 aromatic rings. The minimum atomic E-state index is -0.956. The maximum absolute atomic E-state index is 14.0. The largest absolute Gasteiger partial charge is 0.308 e. The van der Waals surface area contributed by atoms with E-state index in [1.54, 1.807) is 6.07 Å². The molecule has 1 aliphatic carbocycles. The van der Waals surface area contributed by atoms with Crippen molar-refractivity contribution >= 4 is 17.1 Å². The van der Waals surface area contributed by atoms with Crippen molar-refractivity contribution in [1.29, 1.82) is 5.26 Å². The Hall–Kier alpha value is -4.68. The van der Waals surface area contributed by atoms with Crippen LogP contribution in [0.4, 0.5) is 28.9 Å². The zero-order valence-corrected chi connectivity index (χ0v) is 15.4. The number of nitrogens with zero attached hydrogens (tertiary/aromatic N) is 5. The van der Waals surface area contributed by atoms with Gasteiger partial charge in [-0.15, -0.1) is 4.95 Å². The molecule has 0 amide bonds. The van der Waals surface area contributed by atoms with E-state index in [4.69, 9.17) is 13.1 Å². The molecule has 0 aliphatic heterocycles. The van der Waals surface area contributed by atoms with Crippen LogP contribution in [0.25, 0.3) is 9.80 Å². The fraction of sp³-hybridized carbons (Fsp3) is 0. The van der Waals surface area contributed by atoms with Crippen LogP contribution in [0.5, 0.6) is 0 Å². The molecule has 150 valence electrons. The van der Waals surface area contributed by atoms with Gasteiger partial charge in [-0.2, -0.15) is 6.57 Å². The number of hydrogen-bond acceptors (Lipinski definition) is 3. The van der Waals surface area contributed by atoms with Gasteiger partial charge in [-0.3, -0.25) is 0 Å². The van der Waals surface area contributed by atoms with E-state index >= 15 is 0 Å². The summed E-state index contributed by atoms with van der Waals surface area (Å²) in [7, 11) is 0. The lowest BCUT2D eigenvalue weighted by atomic mass is 10.0. The second-order valence-corrected chi connectivity index (χ2v) is 6.07. The molecule has 2 aromatic carbocycles. The van der Waals surface area contributed by atoms with Crippen LogP contribution in [0, 0.1) is 47.7 Å². The molecule has 0 N–H and O–H groups in total. The molecule has 0 bridgehead atoms. The van der Waals surface area contributed by atoms with Gasteiger partial charge < -0.3 is 4.90 Å². The predicted octanol–water partition coefficient (Wildman–Crippen LogP) is 5.81. The van der Waals surface area contributed by atoms with Gasteiger partial charge in [0, 0.05) is 12.1 Å². The first-order chi connectivity index (χ1) is 14.9. The zero-order chi connectivity index (χ0) is 22.5. The van der Waals surface area contributed by atoms with Gasteiger partial charge in [0.2, 0.25) is 0 Å². The molecule has 0 radical (unpaired) electrons. The summed E-state index contributed by atoms with van der Waals surface area (Å²) < 4.78 is 55.9. The van der Waals surface area contributed by atoms with Crippen LogP contribution in [0.2, 0.25) is 0 Å². The van der Waals surface area contributed by atoms with Crippen LogP contribution in [-0.2, 0) is 0 Å². The molecular weight excluding hydrogens is 410 g/mol. The predicted molar refractivity (Wildman–Crippen MR) is 105 cm³/mol. The molecule has 0 saturated heterocycles. The van der Waals surface area contributed by atoms with Crippen LogP contribution in [0.1, 0.15) is 0 Å². The quantitative estimate of drug-likeness (QED) is 0.273. The fourth-order valence-electron chi connectivity index (χ4n) is 2.91. The van der Waals surface area contributed by atoms with Gasteiger partial charge >= 0.3 is 0 Å². The van der Waals surface area contributed by atoms with Crippen molar-refractivity contribution in [3.8, 4) is 6.07 Å². The summed E-state index contributed by atoms with van der Waals surface area (Å²) in [4.78, 5) is 7.13. The Morgan fingerprint density at radius 2 is 1.39 bits per heavy atom. The molecule has 0 unspecified atom stereocenters. The van der Waals surface area contributed by atoms with Crippen molar-refractivity contribution in [2.24, 2.45) is 5.10 Å². The highest BCUT2D eigenvalue weighted by Crippen LogP contribution is 2.35. The van der Waals surface area contributed by atoms with Crippen LogP contribution in [-0.4, -0.2) is 5.71 Å². The van der Waals surface area contributed by atoms with Crippen molar-refractivity contribution in [2.45, 2.75) is 0 Å². The number of rotatable bonds is 3. The van der Waals surface area contributed by atoms with Crippen molar-refractivity contribution in [2.75, 3.05) is 4.90 Å². The topological polar surface area (TPSA) is 48.1 Å².